The normalized spacial score (nSPS) is 12.2. The Kier molecular flexibility index (Phi) is 5.65. The topological polar surface area (TPSA) is 29.5 Å². The van der Waals surface area contributed by atoms with Crippen LogP contribution in [0.2, 0.25) is 0 Å². The van der Waals surface area contributed by atoms with E-state index in [1.54, 1.807) is 0 Å². The summed E-state index contributed by atoms with van der Waals surface area (Å²) in [4.78, 5) is 2.35. The molecule has 0 fully saturated rings. The highest BCUT2D eigenvalue weighted by Gasteiger charge is 2.22. The molecular formula is C48H27NO2S. The molecule has 12 aromatic rings. The van der Waals surface area contributed by atoms with Crippen molar-refractivity contribution in [1.82, 2.24) is 0 Å². The maximum atomic E-state index is 6.66. The number of furan rings is 2. The van der Waals surface area contributed by atoms with Crippen LogP contribution in [0.1, 0.15) is 0 Å². The van der Waals surface area contributed by atoms with Gasteiger partial charge in [0.05, 0.1) is 5.69 Å². The van der Waals surface area contributed by atoms with Gasteiger partial charge in [0, 0.05) is 53.1 Å². The first-order valence-electron chi connectivity index (χ1n) is 17.6. The van der Waals surface area contributed by atoms with E-state index in [-0.39, 0.29) is 0 Å². The van der Waals surface area contributed by atoms with Crippen LogP contribution >= 0.6 is 11.3 Å². The molecule has 0 aliphatic heterocycles. The predicted molar refractivity (Wildman–Crippen MR) is 221 cm³/mol. The van der Waals surface area contributed by atoms with Crippen LogP contribution < -0.4 is 4.90 Å². The average Bonchev–Trinajstić information content (AvgIpc) is 3.89. The van der Waals surface area contributed by atoms with Crippen molar-refractivity contribution in [3.63, 3.8) is 0 Å². The molecule has 3 heterocycles. The number of para-hydroxylation sites is 3. The largest absolute Gasteiger partial charge is 0.456 e. The van der Waals surface area contributed by atoms with Gasteiger partial charge in [-0.05, 0) is 99.0 Å². The lowest BCUT2D eigenvalue weighted by Crippen LogP contribution is -2.10. The maximum absolute atomic E-state index is 6.66. The van der Waals surface area contributed by atoms with Crippen LogP contribution in [-0.4, -0.2) is 0 Å². The second kappa shape index (κ2) is 10.5. The predicted octanol–water partition coefficient (Wildman–Crippen LogP) is 14.8. The van der Waals surface area contributed by atoms with Crippen molar-refractivity contribution < 1.29 is 8.83 Å². The van der Waals surface area contributed by atoms with Crippen molar-refractivity contribution in [3.8, 4) is 0 Å². The Balaban J connectivity index is 1.15. The number of fused-ring (bicyclic) bond motifs is 15. The van der Waals surface area contributed by atoms with Gasteiger partial charge in [0.15, 0.2) is 5.58 Å². The van der Waals surface area contributed by atoms with Gasteiger partial charge in [0.25, 0.3) is 0 Å². The Morgan fingerprint density at radius 1 is 0.327 bits per heavy atom. The molecule has 3 aromatic heterocycles. The number of hydrogen-bond donors (Lipinski definition) is 0. The lowest BCUT2D eigenvalue weighted by atomic mass is 9.93. The molecule has 0 amide bonds. The monoisotopic (exact) mass is 681 g/mol. The second-order valence-corrected chi connectivity index (χ2v) is 14.7. The quantitative estimate of drug-likeness (QED) is 0.174. The van der Waals surface area contributed by atoms with Crippen LogP contribution in [0.25, 0.3) is 96.4 Å². The van der Waals surface area contributed by atoms with Crippen molar-refractivity contribution in [2.24, 2.45) is 0 Å². The third-order valence-corrected chi connectivity index (χ3v) is 12.0. The highest BCUT2D eigenvalue weighted by atomic mass is 32.1. The molecule has 12 rings (SSSR count). The SMILES string of the molecule is c1ccc2c(c1)oc1ccc(N(c3ccc4sc5cc6c7ccccc7c7ccccc7c6cc5c4c3)c3cccc4c3oc3ccccc34)cc12. The lowest BCUT2D eigenvalue weighted by Gasteiger charge is -2.25. The number of thiophene rings is 1. The highest BCUT2D eigenvalue weighted by Crippen LogP contribution is 2.47. The van der Waals surface area contributed by atoms with Gasteiger partial charge in [-0.15, -0.1) is 11.3 Å². The minimum absolute atomic E-state index is 0.862. The second-order valence-electron chi connectivity index (χ2n) is 13.6. The average molecular weight is 682 g/mol. The summed E-state index contributed by atoms with van der Waals surface area (Å²) >= 11 is 1.86. The fourth-order valence-electron chi connectivity index (χ4n) is 8.49. The van der Waals surface area contributed by atoms with E-state index >= 15 is 0 Å². The summed E-state index contributed by atoms with van der Waals surface area (Å²) in [6.45, 7) is 0. The molecule has 0 N–H and O–H groups in total. The molecule has 0 atom stereocenters. The molecule has 0 spiro atoms. The Morgan fingerprint density at radius 2 is 0.846 bits per heavy atom. The van der Waals surface area contributed by atoms with Gasteiger partial charge in [-0.3, -0.25) is 0 Å². The van der Waals surface area contributed by atoms with Gasteiger partial charge >= 0.3 is 0 Å². The van der Waals surface area contributed by atoms with E-state index in [0.29, 0.717) is 0 Å². The lowest BCUT2D eigenvalue weighted by molar-refractivity contribution is 0.669. The third-order valence-electron chi connectivity index (χ3n) is 10.8. The van der Waals surface area contributed by atoms with Crippen molar-refractivity contribution in [3.05, 3.63) is 164 Å². The molecule has 242 valence electrons. The van der Waals surface area contributed by atoms with E-state index in [0.717, 1.165) is 60.9 Å². The molecule has 0 unspecified atom stereocenters. The van der Waals surface area contributed by atoms with Crippen LogP contribution in [0.3, 0.4) is 0 Å². The summed E-state index contributed by atoms with van der Waals surface area (Å²) in [6, 6.07) is 58.9. The number of rotatable bonds is 3. The van der Waals surface area contributed by atoms with Crippen LogP contribution in [0.4, 0.5) is 17.1 Å². The van der Waals surface area contributed by atoms with E-state index in [9.17, 15) is 0 Å². The van der Waals surface area contributed by atoms with Crippen LogP contribution in [-0.2, 0) is 0 Å². The summed E-state index contributed by atoms with van der Waals surface area (Å²) in [5.41, 5.74) is 6.59. The summed E-state index contributed by atoms with van der Waals surface area (Å²) in [6.07, 6.45) is 0. The summed E-state index contributed by atoms with van der Waals surface area (Å²) in [7, 11) is 0. The van der Waals surface area contributed by atoms with E-state index in [4.69, 9.17) is 8.83 Å². The molecule has 9 aromatic carbocycles. The van der Waals surface area contributed by atoms with Crippen molar-refractivity contribution in [2.45, 2.75) is 0 Å². The number of hydrogen-bond acceptors (Lipinski definition) is 4. The van der Waals surface area contributed by atoms with Crippen molar-refractivity contribution in [2.75, 3.05) is 4.90 Å². The molecule has 0 saturated heterocycles. The van der Waals surface area contributed by atoms with Crippen LogP contribution in [0, 0.1) is 0 Å². The Morgan fingerprint density at radius 3 is 1.58 bits per heavy atom. The van der Waals surface area contributed by atoms with Crippen molar-refractivity contribution in [1.29, 1.82) is 0 Å². The molecule has 0 bridgehead atoms. The molecule has 0 aliphatic rings. The molecule has 0 radical (unpaired) electrons. The first-order valence-corrected chi connectivity index (χ1v) is 18.4. The van der Waals surface area contributed by atoms with Gasteiger partial charge in [-0.25, -0.2) is 0 Å². The highest BCUT2D eigenvalue weighted by molar-refractivity contribution is 7.25. The Bertz CT molecular complexity index is 3440. The van der Waals surface area contributed by atoms with Crippen LogP contribution in [0.5, 0.6) is 0 Å². The van der Waals surface area contributed by atoms with Gasteiger partial charge in [0.2, 0.25) is 0 Å². The number of nitrogens with zero attached hydrogens (tertiary/aromatic N) is 1. The first kappa shape index (κ1) is 28.1. The first-order chi connectivity index (χ1) is 25.8. The minimum Gasteiger partial charge on any atom is -0.456 e. The van der Waals surface area contributed by atoms with Gasteiger partial charge in [0.1, 0.15) is 16.7 Å². The van der Waals surface area contributed by atoms with Gasteiger partial charge in [-0.2, -0.15) is 0 Å². The molecular weight excluding hydrogens is 655 g/mol. The Labute approximate surface area is 301 Å². The molecule has 0 aliphatic carbocycles. The number of benzene rings is 9. The van der Waals surface area contributed by atoms with Gasteiger partial charge in [-0.1, -0.05) is 97.1 Å². The third kappa shape index (κ3) is 3.90. The maximum Gasteiger partial charge on any atom is 0.159 e. The zero-order valence-corrected chi connectivity index (χ0v) is 28.6. The summed E-state index contributed by atoms with van der Waals surface area (Å²) in [5.74, 6) is 0. The smallest absolute Gasteiger partial charge is 0.159 e. The summed E-state index contributed by atoms with van der Waals surface area (Å²) < 4.78 is 15.5. The molecule has 4 heteroatoms. The van der Waals surface area contributed by atoms with Gasteiger partial charge < -0.3 is 13.7 Å². The molecule has 0 saturated carbocycles. The Hall–Kier alpha value is -6.62. The minimum atomic E-state index is 0.862. The van der Waals surface area contributed by atoms with E-state index < -0.39 is 0 Å². The molecule has 52 heavy (non-hydrogen) atoms. The van der Waals surface area contributed by atoms with E-state index in [2.05, 4.69) is 144 Å². The zero-order valence-electron chi connectivity index (χ0n) is 27.8. The fraction of sp³-hybridized carbons (Fsp3) is 0. The van der Waals surface area contributed by atoms with Crippen molar-refractivity contribution >= 4 is 125 Å². The fourth-order valence-corrected chi connectivity index (χ4v) is 9.60. The van der Waals surface area contributed by atoms with E-state index in [1.807, 2.05) is 35.6 Å². The van der Waals surface area contributed by atoms with E-state index in [1.165, 1.54) is 52.5 Å². The standard InChI is InChI=1S/C48H27NO2S/c1-3-12-32-30(10-1)31-11-2-4-13-33(31)38-27-47-41(26-37(32)38)40-25-29(21-23-46(40)52-47)49(28-20-22-45-39(24-28)35-15-6-7-18-43(35)50-45)42-17-9-16-36-34-14-5-8-19-44(34)51-48(36)42/h1-27H. The zero-order chi connectivity index (χ0) is 33.9. The molecule has 3 nitrogen and oxygen atoms in total. The number of anilines is 3. The van der Waals surface area contributed by atoms with Crippen LogP contribution in [0.15, 0.2) is 173 Å². The summed E-state index contributed by atoms with van der Waals surface area (Å²) in [5, 5.41) is 14.7.